The highest BCUT2D eigenvalue weighted by atomic mass is 16.4. The number of carbonyl (C=O) groups excluding carboxylic acids is 1. The van der Waals surface area contributed by atoms with Gasteiger partial charge < -0.3 is 20.8 Å². The van der Waals surface area contributed by atoms with E-state index in [2.05, 4.69) is 4.98 Å². The Labute approximate surface area is 109 Å². The second-order valence-corrected chi connectivity index (χ2v) is 4.55. The van der Waals surface area contributed by atoms with Crippen LogP contribution in [0.3, 0.4) is 0 Å². The molecule has 1 aliphatic rings. The molecular formula is C12H15N3O4. The van der Waals surface area contributed by atoms with E-state index in [1.54, 1.807) is 12.1 Å². The predicted molar refractivity (Wildman–Crippen MR) is 66.1 cm³/mol. The lowest BCUT2D eigenvalue weighted by atomic mass is 10.2. The van der Waals surface area contributed by atoms with E-state index in [9.17, 15) is 14.7 Å². The second-order valence-electron chi connectivity index (χ2n) is 4.55. The number of nitrogens with two attached hydrogens (primary N) is 1. The molecule has 0 saturated carbocycles. The van der Waals surface area contributed by atoms with Crippen molar-refractivity contribution in [2.75, 3.05) is 12.3 Å². The van der Waals surface area contributed by atoms with Crippen LogP contribution in [0.25, 0.3) is 0 Å². The van der Waals surface area contributed by atoms with Crippen molar-refractivity contribution < 1.29 is 19.8 Å². The molecule has 19 heavy (non-hydrogen) atoms. The molecule has 1 aromatic rings. The first kappa shape index (κ1) is 13.3. The summed E-state index contributed by atoms with van der Waals surface area (Å²) in [6.45, 7) is 0.0464. The number of β-amino-alcohol motifs (C(OH)–C–C–N with tert-alkyl or cyclic N) is 1. The molecule has 0 aliphatic carbocycles. The molecular weight excluding hydrogens is 250 g/mol. The van der Waals surface area contributed by atoms with Gasteiger partial charge in [-0.2, -0.15) is 0 Å². The topological polar surface area (TPSA) is 117 Å². The molecule has 0 radical (unpaired) electrons. The van der Waals surface area contributed by atoms with Crippen LogP contribution >= 0.6 is 0 Å². The van der Waals surface area contributed by atoms with Gasteiger partial charge in [0.2, 0.25) is 5.91 Å². The van der Waals surface area contributed by atoms with E-state index in [0.717, 1.165) is 0 Å². The third-order valence-electron chi connectivity index (χ3n) is 3.06. The fourth-order valence-electron chi connectivity index (χ4n) is 2.12. The number of hydrogen-bond acceptors (Lipinski definition) is 5. The van der Waals surface area contributed by atoms with Gasteiger partial charge in [-0.05, 0) is 12.1 Å². The standard InChI is InChI=1S/C12H15N3O4/c13-7-1-2-8(14-5-7)3-11(17)15-6-9(16)4-10(15)12(18)19/h1-2,5,9-10,16H,3-4,6,13H2,(H,18,19)/t9-,10-/m1/s1. The number of aliphatic hydroxyl groups excluding tert-OH is 1. The fourth-order valence-corrected chi connectivity index (χ4v) is 2.12. The molecule has 2 rings (SSSR count). The Morgan fingerprint density at radius 3 is 2.79 bits per heavy atom. The molecule has 2 heterocycles. The van der Waals surface area contributed by atoms with Crippen LogP contribution in [0.1, 0.15) is 12.1 Å². The minimum absolute atomic E-state index is 0.00319. The third-order valence-corrected chi connectivity index (χ3v) is 3.06. The number of anilines is 1. The summed E-state index contributed by atoms with van der Waals surface area (Å²) >= 11 is 0. The number of carboxylic acids is 1. The molecule has 1 aliphatic heterocycles. The van der Waals surface area contributed by atoms with Gasteiger partial charge in [-0.1, -0.05) is 0 Å². The first-order chi connectivity index (χ1) is 8.97. The molecule has 0 spiro atoms. The molecule has 7 nitrogen and oxygen atoms in total. The Kier molecular flexibility index (Phi) is 3.66. The van der Waals surface area contributed by atoms with Crippen LogP contribution in [-0.2, 0) is 16.0 Å². The number of carboxylic acid groups (broad SMARTS) is 1. The van der Waals surface area contributed by atoms with Crippen LogP contribution in [-0.4, -0.2) is 50.7 Å². The molecule has 102 valence electrons. The van der Waals surface area contributed by atoms with Gasteiger partial charge in [-0.15, -0.1) is 0 Å². The molecule has 0 bridgehead atoms. The molecule has 0 aromatic carbocycles. The second kappa shape index (κ2) is 5.23. The maximum atomic E-state index is 12.0. The van der Waals surface area contributed by atoms with Gasteiger partial charge >= 0.3 is 5.97 Å². The quantitative estimate of drug-likeness (QED) is 0.662. The summed E-state index contributed by atoms with van der Waals surface area (Å²) in [6.07, 6.45) is 0.716. The van der Waals surface area contributed by atoms with Crippen molar-refractivity contribution in [3.8, 4) is 0 Å². The van der Waals surface area contributed by atoms with E-state index < -0.39 is 18.1 Å². The average molecular weight is 265 g/mol. The van der Waals surface area contributed by atoms with Crippen molar-refractivity contribution in [2.45, 2.75) is 25.0 Å². The highest BCUT2D eigenvalue weighted by molar-refractivity contribution is 5.85. The number of rotatable bonds is 3. The molecule has 7 heteroatoms. The van der Waals surface area contributed by atoms with Gasteiger partial charge in [-0.3, -0.25) is 9.78 Å². The lowest BCUT2D eigenvalue weighted by Crippen LogP contribution is -2.41. The Morgan fingerprint density at radius 1 is 1.47 bits per heavy atom. The molecule has 1 fully saturated rings. The Bertz CT molecular complexity index is 488. The number of hydrogen-bond donors (Lipinski definition) is 3. The van der Waals surface area contributed by atoms with Crippen LogP contribution in [0.4, 0.5) is 5.69 Å². The number of amides is 1. The van der Waals surface area contributed by atoms with Crippen LogP contribution in [0.2, 0.25) is 0 Å². The first-order valence-electron chi connectivity index (χ1n) is 5.88. The summed E-state index contributed by atoms with van der Waals surface area (Å²) in [4.78, 5) is 28.2. The van der Waals surface area contributed by atoms with E-state index in [-0.39, 0.29) is 25.3 Å². The molecule has 0 unspecified atom stereocenters. The van der Waals surface area contributed by atoms with Gasteiger partial charge in [-0.25, -0.2) is 4.79 Å². The van der Waals surface area contributed by atoms with E-state index in [0.29, 0.717) is 11.4 Å². The van der Waals surface area contributed by atoms with Gasteiger partial charge in [0.25, 0.3) is 0 Å². The number of carbonyl (C=O) groups is 2. The highest BCUT2D eigenvalue weighted by Crippen LogP contribution is 2.19. The minimum atomic E-state index is -1.10. The summed E-state index contributed by atoms with van der Waals surface area (Å²) in [5, 5.41) is 18.5. The number of aliphatic carboxylic acids is 1. The smallest absolute Gasteiger partial charge is 0.326 e. The number of pyridine rings is 1. The molecule has 2 atom stereocenters. The van der Waals surface area contributed by atoms with Gasteiger partial charge in [0.05, 0.1) is 24.4 Å². The number of aromatic nitrogens is 1. The summed E-state index contributed by atoms with van der Waals surface area (Å²) in [5.41, 5.74) is 6.51. The van der Waals surface area contributed by atoms with Crippen molar-refractivity contribution in [2.24, 2.45) is 0 Å². The minimum Gasteiger partial charge on any atom is -0.480 e. The van der Waals surface area contributed by atoms with Crippen LogP contribution in [0.5, 0.6) is 0 Å². The van der Waals surface area contributed by atoms with E-state index in [1.165, 1.54) is 11.1 Å². The number of nitrogen functional groups attached to an aromatic ring is 1. The van der Waals surface area contributed by atoms with Crippen molar-refractivity contribution >= 4 is 17.6 Å². The fraction of sp³-hybridized carbons (Fsp3) is 0.417. The lowest BCUT2D eigenvalue weighted by Gasteiger charge is -2.20. The third kappa shape index (κ3) is 3.00. The van der Waals surface area contributed by atoms with Gasteiger partial charge in [0, 0.05) is 18.7 Å². The van der Waals surface area contributed by atoms with E-state index >= 15 is 0 Å². The average Bonchev–Trinajstić information content (AvgIpc) is 2.74. The van der Waals surface area contributed by atoms with Crippen molar-refractivity contribution in [1.29, 1.82) is 0 Å². The Morgan fingerprint density at radius 2 is 2.21 bits per heavy atom. The largest absolute Gasteiger partial charge is 0.480 e. The Balaban J connectivity index is 2.06. The zero-order valence-corrected chi connectivity index (χ0v) is 10.2. The molecule has 4 N–H and O–H groups in total. The van der Waals surface area contributed by atoms with Crippen molar-refractivity contribution in [3.63, 3.8) is 0 Å². The maximum absolute atomic E-state index is 12.0. The molecule has 1 saturated heterocycles. The van der Waals surface area contributed by atoms with Crippen LogP contribution < -0.4 is 5.73 Å². The van der Waals surface area contributed by atoms with Gasteiger partial charge in [0.15, 0.2) is 0 Å². The van der Waals surface area contributed by atoms with Crippen LogP contribution in [0, 0.1) is 0 Å². The lowest BCUT2D eigenvalue weighted by molar-refractivity contribution is -0.148. The summed E-state index contributed by atoms with van der Waals surface area (Å²) in [7, 11) is 0. The van der Waals surface area contributed by atoms with E-state index in [4.69, 9.17) is 10.8 Å². The van der Waals surface area contributed by atoms with Crippen molar-refractivity contribution in [1.82, 2.24) is 9.88 Å². The SMILES string of the molecule is Nc1ccc(CC(=O)N2C[C@H](O)C[C@@H]2C(=O)O)nc1. The number of likely N-dealkylation sites (tertiary alicyclic amines) is 1. The zero-order chi connectivity index (χ0) is 14.0. The molecule has 1 aromatic heterocycles. The predicted octanol–water partition coefficient (Wildman–Crippen LogP) is -0.747. The number of nitrogens with zero attached hydrogens (tertiary/aromatic N) is 2. The monoisotopic (exact) mass is 265 g/mol. The van der Waals surface area contributed by atoms with Gasteiger partial charge in [0.1, 0.15) is 6.04 Å². The van der Waals surface area contributed by atoms with Crippen LogP contribution in [0.15, 0.2) is 18.3 Å². The number of aliphatic hydroxyl groups is 1. The van der Waals surface area contributed by atoms with E-state index in [1.807, 2.05) is 0 Å². The van der Waals surface area contributed by atoms with Crippen molar-refractivity contribution in [3.05, 3.63) is 24.0 Å². The highest BCUT2D eigenvalue weighted by Gasteiger charge is 2.38. The normalized spacial score (nSPS) is 22.5. The summed E-state index contributed by atoms with van der Waals surface area (Å²) in [5.74, 6) is -1.46. The maximum Gasteiger partial charge on any atom is 0.326 e. The summed E-state index contributed by atoms with van der Waals surface area (Å²) in [6, 6.07) is 2.29. The first-order valence-corrected chi connectivity index (χ1v) is 5.88. The zero-order valence-electron chi connectivity index (χ0n) is 10.2. The summed E-state index contributed by atoms with van der Waals surface area (Å²) < 4.78 is 0. The Hall–Kier alpha value is -2.15. The molecule has 1 amide bonds.